The maximum atomic E-state index is 12.5. The summed E-state index contributed by atoms with van der Waals surface area (Å²) in [7, 11) is -4.21. The molecule has 3 aromatic rings. The number of sulfonamides is 1. The summed E-state index contributed by atoms with van der Waals surface area (Å²) in [6.45, 7) is 1.59. The molecule has 3 rings (SSSR count). The van der Waals surface area contributed by atoms with E-state index in [0.29, 0.717) is 5.56 Å². The number of aromatic nitrogens is 4. The van der Waals surface area contributed by atoms with Crippen molar-refractivity contribution in [2.45, 2.75) is 12.1 Å². The standard InChI is InChI=1S/C13H10ClN5O4S/c1-7-3-2-4-9(11(20)21)10(7)18-24(22,23)13-16-12-15-5-8(14)6-19(12)17-13/h2-6,18H,1H3,(H,20,21). The Morgan fingerprint density at radius 3 is 2.83 bits per heavy atom. The van der Waals surface area contributed by atoms with E-state index in [2.05, 4.69) is 19.8 Å². The Morgan fingerprint density at radius 2 is 2.12 bits per heavy atom. The molecular weight excluding hydrogens is 358 g/mol. The maximum Gasteiger partial charge on any atom is 0.337 e. The minimum atomic E-state index is -4.21. The molecular formula is C13H10ClN5O4S. The van der Waals surface area contributed by atoms with Crippen molar-refractivity contribution in [3.05, 3.63) is 46.7 Å². The number of anilines is 1. The molecule has 0 aliphatic heterocycles. The number of benzene rings is 1. The molecule has 0 amide bonds. The Kier molecular flexibility index (Phi) is 3.85. The maximum absolute atomic E-state index is 12.5. The average Bonchev–Trinajstić information content (AvgIpc) is 2.92. The minimum Gasteiger partial charge on any atom is -0.478 e. The number of halogens is 1. The second kappa shape index (κ2) is 5.73. The van der Waals surface area contributed by atoms with Crippen LogP contribution in [0.4, 0.5) is 5.69 Å². The van der Waals surface area contributed by atoms with Crippen molar-refractivity contribution in [2.75, 3.05) is 4.72 Å². The molecule has 2 heterocycles. The zero-order valence-electron chi connectivity index (χ0n) is 12.1. The van der Waals surface area contributed by atoms with Gasteiger partial charge in [0, 0.05) is 0 Å². The summed E-state index contributed by atoms with van der Waals surface area (Å²) >= 11 is 5.77. The molecule has 0 aliphatic carbocycles. The van der Waals surface area contributed by atoms with Crippen molar-refractivity contribution in [3.63, 3.8) is 0 Å². The average molecular weight is 368 g/mol. The molecule has 9 nitrogen and oxygen atoms in total. The predicted octanol–water partition coefficient (Wildman–Crippen LogP) is 1.59. The van der Waals surface area contributed by atoms with Crippen LogP contribution in [0.15, 0.2) is 35.7 Å². The van der Waals surface area contributed by atoms with Gasteiger partial charge >= 0.3 is 5.97 Å². The van der Waals surface area contributed by atoms with Crippen molar-refractivity contribution < 1.29 is 18.3 Å². The van der Waals surface area contributed by atoms with Gasteiger partial charge in [-0.25, -0.2) is 14.3 Å². The predicted molar refractivity (Wildman–Crippen MR) is 84.7 cm³/mol. The number of para-hydroxylation sites is 1. The van der Waals surface area contributed by atoms with Crippen LogP contribution in [0.2, 0.25) is 5.02 Å². The van der Waals surface area contributed by atoms with Crippen molar-refractivity contribution in [2.24, 2.45) is 0 Å². The van der Waals surface area contributed by atoms with Crippen LogP contribution in [0.25, 0.3) is 5.78 Å². The van der Waals surface area contributed by atoms with E-state index in [0.717, 1.165) is 4.52 Å². The topological polar surface area (TPSA) is 127 Å². The van der Waals surface area contributed by atoms with E-state index in [4.69, 9.17) is 11.6 Å². The van der Waals surface area contributed by atoms with Gasteiger partial charge in [0.05, 0.1) is 28.7 Å². The van der Waals surface area contributed by atoms with E-state index in [1.165, 1.54) is 24.5 Å². The molecule has 0 spiro atoms. The second-order valence-corrected chi connectivity index (χ2v) is 6.83. The number of nitrogens with one attached hydrogen (secondary N) is 1. The van der Waals surface area contributed by atoms with E-state index >= 15 is 0 Å². The molecule has 1 aromatic carbocycles. The van der Waals surface area contributed by atoms with E-state index in [9.17, 15) is 18.3 Å². The van der Waals surface area contributed by atoms with E-state index < -0.39 is 21.1 Å². The molecule has 2 N–H and O–H groups in total. The zero-order valence-corrected chi connectivity index (χ0v) is 13.7. The smallest absolute Gasteiger partial charge is 0.337 e. The lowest BCUT2D eigenvalue weighted by Gasteiger charge is -2.11. The van der Waals surface area contributed by atoms with Crippen molar-refractivity contribution in [3.8, 4) is 0 Å². The minimum absolute atomic E-state index is 0.0445. The first kappa shape index (κ1) is 16.1. The number of carboxylic acid groups (broad SMARTS) is 1. The monoisotopic (exact) mass is 367 g/mol. The van der Waals surface area contributed by atoms with Gasteiger partial charge in [-0.05, 0) is 18.6 Å². The summed E-state index contributed by atoms with van der Waals surface area (Å²) in [4.78, 5) is 18.9. The lowest BCUT2D eigenvalue weighted by atomic mass is 10.1. The quantitative estimate of drug-likeness (QED) is 0.716. The Labute approximate surface area is 141 Å². The molecule has 11 heteroatoms. The molecule has 0 saturated carbocycles. The van der Waals surface area contributed by atoms with Gasteiger partial charge in [0.1, 0.15) is 0 Å². The lowest BCUT2D eigenvalue weighted by molar-refractivity contribution is 0.0698. The van der Waals surface area contributed by atoms with Crippen LogP contribution >= 0.6 is 11.6 Å². The van der Waals surface area contributed by atoms with Crippen LogP contribution in [0.3, 0.4) is 0 Å². The van der Waals surface area contributed by atoms with Crippen molar-refractivity contribution in [1.29, 1.82) is 0 Å². The lowest BCUT2D eigenvalue weighted by Crippen LogP contribution is -2.18. The fraction of sp³-hybridized carbons (Fsp3) is 0.0769. The SMILES string of the molecule is Cc1cccc(C(=O)O)c1NS(=O)(=O)c1nc2ncc(Cl)cn2n1. The Bertz CT molecular complexity index is 1060. The first-order valence-electron chi connectivity index (χ1n) is 6.51. The normalized spacial score (nSPS) is 11.6. The molecule has 0 fully saturated rings. The van der Waals surface area contributed by atoms with Gasteiger partial charge in [-0.1, -0.05) is 23.7 Å². The molecule has 0 saturated heterocycles. The van der Waals surface area contributed by atoms with Crippen LogP contribution in [-0.4, -0.2) is 39.1 Å². The molecule has 0 radical (unpaired) electrons. The van der Waals surface area contributed by atoms with Gasteiger partial charge in [0.2, 0.25) is 0 Å². The van der Waals surface area contributed by atoms with Crippen LogP contribution in [0.1, 0.15) is 15.9 Å². The number of aryl methyl sites for hydroxylation is 1. The number of rotatable bonds is 4. The highest BCUT2D eigenvalue weighted by atomic mass is 35.5. The Balaban J connectivity index is 2.07. The molecule has 0 unspecified atom stereocenters. The van der Waals surface area contributed by atoms with Gasteiger partial charge in [0.25, 0.3) is 21.0 Å². The number of aromatic carboxylic acids is 1. The summed E-state index contributed by atoms with van der Waals surface area (Å²) in [6.07, 6.45) is 2.66. The van der Waals surface area contributed by atoms with Crippen molar-refractivity contribution in [1.82, 2.24) is 19.6 Å². The largest absolute Gasteiger partial charge is 0.478 e. The van der Waals surface area contributed by atoms with Crippen LogP contribution < -0.4 is 4.72 Å². The Morgan fingerprint density at radius 1 is 1.38 bits per heavy atom. The molecule has 2 aromatic heterocycles. The summed E-state index contributed by atoms with van der Waals surface area (Å²) in [5.41, 5.74) is 0.224. The van der Waals surface area contributed by atoms with Gasteiger partial charge in [-0.2, -0.15) is 13.4 Å². The van der Waals surface area contributed by atoms with Gasteiger partial charge in [-0.3, -0.25) is 4.72 Å². The first-order chi connectivity index (χ1) is 11.3. The second-order valence-electron chi connectivity index (χ2n) is 4.82. The van der Waals surface area contributed by atoms with Crippen LogP contribution in [0, 0.1) is 6.92 Å². The number of hydrogen-bond donors (Lipinski definition) is 2. The highest BCUT2D eigenvalue weighted by Crippen LogP contribution is 2.23. The summed E-state index contributed by atoms with van der Waals surface area (Å²) < 4.78 is 28.3. The fourth-order valence-electron chi connectivity index (χ4n) is 2.02. The zero-order chi connectivity index (χ0) is 17.5. The Hall–Kier alpha value is -2.72. The third-order valence-corrected chi connectivity index (χ3v) is 4.44. The molecule has 24 heavy (non-hydrogen) atoms. The first-order valence-corrected chi connectivity index (χ1v) is 8.38. The number of nitrogens with zero attached hydrogens (tertiary/aromatic N) is 4. The van der Waals surface area contributed by atoms with E-state index in [-0.39, 0.29) is 22.1 Å². The summed E-state index contributed by atoms with van der Waals surface area (Å²) in [6, 6.07) is 4.40. The highest BCUT2D eigenvalue weighted by Gasteiger charge is 2.24. The number of carboxylic acids is 1. The summed E-state index contributed by atoms with van der Waals surface area (Å²) in [5, 5.41) is 12.7. The van der Waals surface area contributed by atoms with Crippen LogP contribution in [-0.2, 0) is 10.0 Å². The number of carbonyl (C=O) groups is 1. The third kappa shape index (κ3) is 2.88. The van der Waals surface area contributed by atoms with Gasteiger partial charge < -0.3 is 5.11 Å². The van der Waals surface area contributed by atoms with Gasteiger partial charge in [-0.15, -0.1) is 5.10 Å². The van der Waals surface area contributed by atoms with E-state index in [1.54, 1.807) is 13.0 Å². The molecule has 0 atom stereocenters. The highest BCUT2D eigenvalue weighted by molar-refractivity contribution is 7.92. The molecule has 0 aliphatic rings. The fourth-order valence-corrected chi connectivity index (χ4v) is 3.18. The third-order valence-electron chi connectivity index (χ3n) is 3.12. The van der Waals surface area contributed by atoms with Crippen molar-refractivity contribution >= 4 is 39.1 Å². The summed E-state index contributed by atoms with van der Waals surface area (Å²) in [5.74, 6) is -1.21. The molecule has 124 valence electrons. The van der Waals surface area contributed by atoms with Gasteiger partial charge in [0.15, 0.2) is 0 Å². The number of fused-ring (bicyclic) bond motifs is 1. The molecule has 0 bridgehead atoms. The number of hydrogen-bond acceptors (Lipinski definition) is 6. The van der Waals surface area contributed by atoms with Crippen LogP contribution in [0.5, 0.6) is 0 Å². The van der Waals surface area contributed by atoms with E-state index in [1.807, 2.05) is 0 Å².